The zero-order chi connectivity index (χ0) is 18.2. The van der Waals surface area contributed by atoms with Gasteiger partial charge in [-0.2, -0.15) is 4.31 Å². The van der Waals surface area contributed by atoms with Gasteiger partial charge in [-0.3, -0.25) is 0 Å². The van der Waals surface area contributed by atoms with Crippen molar-refractivity contribution in [2.45, 2.75) is 24.8 Å². The molecule has 0 amide bonds. The highest BCUT2D eigenvalue weighted by atomic mass is 35.5. The van der Waals surface area contributed by atoms with E-state index in [9.17, 15) is 8.42 Å². The number of morpholine rings is 1. The second kappa shape index (κ2) is 7.25. The van der Waals surface area contributed by atoms with Crippen LogP contribution in [0.4, 0.5) is 0 Å². The number of nitrogens with zero attached hydrogens (tertiary/aromatic N) is 1. The molecule has 0 radical (unpaired) electrons. The summed E-state index contributed by atoms with van der Waals surface area (Å²) in [5, 5.41) is 1.00. The van der Waals surface area contributed by atoms with Crippen LogP contribution in [0.5, 0.6) is 0 Å². The molecule has 2 aromatic rings. The molecule has 1 aliphatic rings. The first kappa shape index (κ1) is 18.7. The van der Waals surface area contributed by atoms with Gasteiger partial charge in [0.05, 0.1) is 17.6 Å². The van der Waals surface area contributed by atoms with Crippen molar-refractivity contribution < 1.29 is 13.2 Å². The van der Waals surface area contributed by atoms with Crippen molar-refractivity contribution in [3.63, 3.8) is 0 Å². The second-order valence-electron chi connectivity index (χ2n) is 6.19. The van der Waals surface area contributed by atoms with Crippen molar-refractivity contribution in [2.75, 3.05) is 19.7 Å². The van der Waals surface area contributed by atoms with E-state index in [1.807, 2.05) is 26.0 Å². The smallest absolute Gasteiger partial charge is 0.243 e. The summed E-state index contributed by atoms with van der Waals surface area (Å²) < 4.78 is 33.3. The van der Waals surface area contributed by atoms with Crippen molar-refractivity contribution in [3.05, 3.63) is 63.1 Å². The van der Waals surface area contributed by atoms with Crippen LogP contribution in [0.15, 0.2) is 41.3 Å². The molecule has 0 aliphatic carbocycles. The Morgan fingerprint density at radius 1 is 1.08 bits per heavy atom. The molecule has 0 bridgehead atoms. The molecule has 1 aliphatic heterocycles. The minimum absolute atomic E-state index is 0.228. The molecule has 25 heavy (non-hydrogen) atoms. The molecule has 1 unspecified atom stereocenters. The molecule has 1 heterocycles. The Kier molecular flexibility index (Phi) is 5.42. The number of halogens is 2. The van der Waals surface area contributed by atoms with E-state index >= 15 is 0 Å². The highest BCUT2D eigenvalue weighted by Crippen LogP contribution is 2.31. The molecule has 0 aromatic heterocycles. The van der Waals surface area contributed by atoms with E-state index in [1.165, 1.54) is 4.31 Å². The van der Waals surface area contributed by atoms with Gasteiger partial charge in [-0.1, -0.05) is 40.9 Å². The maximum absolute atomic E-state index is 13.0. The summed E-state index contributed by atoms with van der Waals surface area (Å²) in [5.74, 6) is 0. The Morgan fingerprint density at radius 2 is 1.76 bits per heavy atom. The van der Waals surface area contributed by atoms with Gasteiger partial charge in [-0.05, 0) is 49.2 Å². The maximum Gasteiger partial charge on any atom is 0.243 e. The fourth-order valence-corrected chi connectivity index (χ4v) is 5.21. The van der Waals surface area contributed by atoms with E-state index in [2.05, 4.69) is 0 Å². The summed E-state index contributed by atoms with van der Waals surface area (Å²) >= 11 is 12.1. The predicted molar refractivity (Wildman–Crippen MR) is 99.8 cm³/mol. The van der Waals surface area contributed by atoms with Crippen molar-refractivity contribution in [1.29, 1.82) is 0 Å². The molecule has 0 N–H and O–H groups in total. The van der Waals surface area contributed by atoms with E-state index in [4.69, 9.17) is 27.9 Å². The topological polar surface area (TPSA) is 46.6 Å². The predicted octanol–water partition coefficient (Wildman–Crippen LogP) is 4.37. The molecule has 2 aromatic carbocycles. The lowest BCUT2D eigenvalue weighted by Gasteiger charge is -2.33. The Bertz CT molecular complexity index is 879. The monoisotopic (exact) mass is 399 g/mol. The quantitative estimate of drug-likeness (QED) is 0.769. The number of benzene rings is 2. The number of hydrogen-bond donors (Lipinski definition) is 0. The van der Waals surface area contributed by atoms with E-state index in [-0.39, 0.29) is 6.54 Å². The highest BCUT2D eigenvalue weighted by Gasteiger charge is 2.32. The van der Waals surface area contributed by atoms with Crippen molar-refractivity contribution >= 4 is 33.2 Å². The molecule has 1 atom stereocenters. The molecule has 0 saturated carbocycles. The average Bonchev–Trinajstić information content (AvgIpc) is 2.53. The zero-order valence-electron chi connectivity index (χ0n) is 14.0. The van der Waals surface area contributed by atoms with E-state index < -0.39 is 16.1 Å². The SMILES string of the molecule is Cc1ccc(S(=O)(=O)N2CCOC(c3cc(Cl)cc(Cl)c3)C2)c(C)c1. The third kappa shape index (κ3) is 4.01. The molecule has 7 heteroatoms. The van der Waals surface area contributed by atoms with Gasteiger partial charge in [0.15, 0.2) is 0 Å². The van der Waals surface area contributed by atoms with Gasteiger partial charge in [0.2, 0.25) is 10.0 Å². The fraction of sp³-hybridized carbons (Fsp3) is 0.333. The Hall–Kier alpha value is -1.11. The number of ether oxygens (including phenoxy) is 1. The molecular weight excluding hydrogens is 381 g/mol. The molecule has 0 spiro atoms. The summed E-state index contributed by atoms with van der Waals surface area (Å²) in [7, 11) is -3.58. The number of rotatable bonds is 3. The Morgan fingerprint density at radius 3 is 2.40 bits per heavy atom. The van der Waals surface area contributed by atoms with Gasteiger partial charge < -0.3 is 4.74 Å². The van der Waals surface area contributed by atoms with Gasteiger partial charge in [-0.15, -0.1) is 0 Å². The Labute approximate surface area is 158 Å². The third-order valence-electron chi connectivity index (χ3n) is 4.23. The van der Waals surface area contributed by atoms with E-state index in [0.717, 1.165) is 16.7 Å². The van der Waals surface area contributed by atoms with E-state index in [0.29, 0.717) is 28.1 Å². The number of sulfonamides is 1. The van der Waals surface area contributed by atoms with Crippen LogP contribution in [0.1, 0.15) is 22.8 Å². The summed E-state index contributed by atoms with van der Waals surface area (Å²) in [4.78, 5) is 0.336. The van der Waals surface area contributed by atoms with Crippen LogP contribution in [-0.4, -0.2) is 32.4 Å². The van der Waals surface area contributed by atoms with E-state index in [1.54, 1.807) is 24.3 Å². The van der Waals surface area contributed by atoms with Crippen LogP contribution in [0.3, 0.4) is 0 Å². The Balaban J connectivity index is 1.90. The van der Waals surface area contributed by atoms with Gasteiger partial charge in [0.25, 0.3) is 0 Å². The normalized spacial score (nSPS) is 19.1. The molecule has 1 fully saturated rings. The standard InChI is InChI=1S/C18H19Cl2NO3S/c1-12-3-4-18(13(2)7-12)25(22,23)21-5-6-24-17(11-21)14-8-15(19)10-16(20)9-14/h3-4,7-10,17H,5-6,11H2,1-2H3. The third-order valence-corrected chi connectivity index (χ3v) is 6.70. The second-order valence-corrected chi connectivity index (χ2v) is 8.97. The molecule has 134 valence electrons. The first-order chi connectivity index (χ1) is 11.8. The summed E-state index contributed by atoms with van der Waals surface area (Å²) in [6.45, 7) is 4.62. The first-order valence-electron chi connectivity index (χ1n) is 7.92. The van der Waals surface area contributed by atoms with Gasteiger partial charge in [0.1, 0.15) is 0 Å². The number of hydrogen-bond acceptors (Lipinski definition) is 3. The number of aryl methyl sites for hydroxylation is 2. The van der Waals surface area contributed by atoms with Crippen LogP contribution in [0.2, 0.25) is 10.0 Å². The van der Waals surface area contributed by atoms with Gasteiger partial charge >= 0.3 is 0 Å². The first-order valence-corrected chi connectivity index (χ1v) is 10.1. The van der Waals surface area contributed by atoms with Crippen LogP contribution < -0.4 is 0 Å². The largest absolute Gasteiger partial charge is 0.371 e. The van der Waals surface area contributed by atoms with Crippen LogP contribution in [0.25, 0.3) is 0 Å². The minimum atomic E-state index is -3.58. The fourth-order valence-electron chi connectivity index (χ4n) is 3.03. The molecular formula is C18H19Cl2NO3S. The summed E-state index contributed by atoms with van der Waals surface area (Å²) in [6, 6.07) is 10.5. The minimum Gasteiger partial charge on any atom is -0.371 e. The van der Waals surface area contributed by atoms with Crippen LogP contribution in [0, 0.1) is 13.8 Å². The lowest BCUT2D eigenvalue weighted by Crippen LogP contribution is -2.42. The van der Waals surface area contributed by atoms with Crippen molar-refractivity contribution in [2.24, 2.45) is 0 Å². The molecule has 1 saturated heterocycles. The zero-order valence-corrected chi connectivity index (χ0v) is 16.3. The van der Waals surface area contributed by atoms with Crippen molar-refractivity contribution in [1.82, 2.24) is 4.31 Å². The maximum atomic E-state index is 13.0. The van der Waals surface area contributed by atoms with Crippen LogP contribution >= 0.6 is 23.2 Å². The van der Waals surface area contributed by atoms with Crippen molar-refractivity contribution in [3.8, 4) is 0 Å². The van der Waals surface area contributed by atoms with Gasteiger partial charge in [-0.25, -0.2) is 8.42 Å². The van der Waals surface area contributed by atoms with Crippen LogP contribution in [-0.2, 0) is 14.8 Å². The lowest BCUT2D eigenvalue weighted by atomic mass is 10.1. The average molecular weight is 400 g/mol. The molecule has 4 nitrogen and oxygen atoms in total. The summed E-state index contributed by atoms with van der Waals surface area (Å²) in [6.07, 6.45) is -0.398. The lowest BCUT2D eigenvalue weighted by molar-refractivity contribution is -0.00255. The highest BCUT2D eigenvalue weighted by molar-refractivity contribution is 7.89. The molecule has 3 rings (SSSR count). The summed E-state index contributed by atoms with van der Waals surface area (Å²) in [5.41, 5.74) is 2.55. The van der Waals surface area contributed by atoms with Gasteiger partial charge in [0, 0.05) is 23.1 Å².